The van der Waals surface area contributed by atoms with Crippen molar-refractivity contribution in [2.75, 3.05) is 24.5 Å². The molecule has 0 aliphatic carbocycles. The summed E-state index contributed by atoms with van der Waals surface area (Å²) in [5.41, 5.74) is 7.54. The summed E-state index contributed by atoms with van der Waals surface area (Å²) in [5, 5.41) is 0.770. The summed E-state index contributed by atoms with van der Waals surface area (Å²) in [7, 11) is 0. The number of hydrogen-bond donors (Lipinski definition) is 1. The van der Waals surface area contributed by atoms with E-state index >= 15 is 0 Å². The molecule has 3 rings (SSSR count). The van der Waals surface area contributed by atoms with E-state index in [2.05, 4.69) is 4.90 Å². The van der Waals surface area contributed by atoms with Gasteiger partial charge in [-0.2, -0.15) is 0 Å². The van der Waals surface area contributed by atoms with Crippen LogP contribution in [0.1, 0.15) is 25.3 Å². The van der Waals surface area contributed by atoms with E-state index in [4.69, 9.17) is 17.3 Å². The monoisotopic (exact) mass is 335 g/mol. The molecule has 5 nitrogen and oxygen atoms in total. The van der Waals surface area contributed by atoms with Gasteiger partial charge in [0, 0.05) is 36.3 Å². The molecule has 0 unspecified atom stereocenters. The van der Waals surface area contributed by atoms with Crippen molar-refractivity contribution in [3.63, 3.8) is 0 Å². The Hall–Kier alpha value is -1.75. The maximum atomic E-state index is 12.8. The van der Waals surface area contributed by atoms with Crippen LogP contribution in [-0.2, 0) is 16.0 Å². The summed E-state index contributed by atoms with van der Waals surface area (Å²) in [5.74, 6) is -0.241. The first kappa shape index (κ1) is 16.1. The van der Waals surface area contributed by atoms with Gasteiger partial charge in [0.25, 0.3) is 0 Å². The molecule has 1 aromatic carbocycles. The van der Waals surface area contributed by atoms with Crippen LogP contribution in [0, 0.1) is 5.92 Å². The fourth-order valence-electron chi connectivity index (χ4n) is 3.60. The smallest absolute Gasteiger partial charge is 0.244 e. The van der Waals surface area contributed by atoms with E-state index in [-0.39, 0.29) is 23.8 Å². The van der Waals surface area contributed by atoms with Crippen molar-refractivity contribution < 1.29 is 9.59 Å². The number of nitrogens with zero attached hydrogens (tertiary/aromatic N) is 2. The standard InChI is InChI=1S/C17H22ClN3O2/c1-11(17(23)20-8-5-12(6-9-20)16(19)22)21-10-7-13-14(18)3-2-4-15(13)21/h2-4,11-12H,5-10H2,1H3,(H2,19,22)/t11-/m1/s1. The number of benzene rings is 1. The Balaban J connectivity index is 1.68. The van der Waals surface area contributed by atoms with Crippen molar-refractivity contribution in [1.82, 2.24) is 4.90 Å². The van der Waals surface area contributed by atoms with Crippen LogP contribution in [0.5, 0.6) is 0 Å². The molecule has 2 aliphatic rings. The lowest BCUT2D eigenvalue weighted by Crippen LogP contribution is -2.50. The number of carbonyl (C=O) groups excluding carboxylic acids is 2. The van der Waals surface area contributed by atoms with Crippen LogP contribution in [0.3, 0.4) is 0 Å². The van der Waals surface area contributed by atoms with E-state index < -0.39 is 0 Å². The number of carbonyl (C=O) groups is 2. The van der Waals surface area contributed by atoms with Crippen molar-refractivity contribution in [3.8, 4) is 0 Å². The Morgan fingerprint density at radius 2 is 1.96 bits per heavy atom. The molecule has 1 atom stereocenters. The van der Waals surface area contributed by atoms with Gasteiger partial charge in [-0.3, -0.25) is 9.59 Å². The Labute approximate surface area is 141 Å². The van der Waals surface area contributed by atoms with Gasteiger partial charge in [0.15, 0.2) is 0 Å². The molecule has 23 heavy (non-hydrogen) atoms. The van der Waals surface area contributed by atoms with Gasteiger partial charge >= 0.3 is 0 Å². The van der Waals surface area contributed by atoms with E-state index in [1.807, 2.05) is 30.0 Å². The highest BCUT2D eigenvalue weighted by molar-refractivity contribution is 6.31. The molecule has 1 saturated heterocycles. The summed E-state index contributed by atoms with van der Waals surface area (Å²) in [6.07, 6.45) is 2.20. The van der Waals surface area contributed by atoms with Gasteiger partial charge in [-0.25, -0.2) is 0 Å². The number of primary amides is 1. The summed E-state index contributed by atoms with van der Waals surface area (Å²) in [4.78, 5) is 28.0. The van der Waals surface area contributed by atoms with Gasteiger partial charge in [-0.15, -0.1) is 0 Å². The van der Waals surface area contributed by atoms with E-state index in [9.17, 15) is 9.59 Å². The predicted octanol–water partition coefficient (Wildman–Crippen LogP) is 1.81. The number of hydrogen-bond acceptors (Lipinski definition) is 3. The van der Waals surface area contributed by atoms with Gasteiger partial charge in [0.1, 0.15) is 6.04 Å². The normalized spacial score (nSPS) is 19.6. The maximum Gasteiger partial charge on any atom is 0.244 e. The highest BCUT2D eigenvalue weighted by atomic mass is 35.5. The third kappa shape index (κ3) is 3.02. The highest BCUT2D eigenvalue weighted by Crippen LogP contribution is 2.35. The van der Waals surface area contributed by atoms with Gasteiger partial charge in [-0.05, 0) is 43.9 Å². The van der Waals surface area contributed by atoms with Crippen LogP contribution in [0.4, 0.5) is 5.69 Å². The number of piperidine rings is 1. The number of halogens is 1. The Morgan fingerprint density at radius 1 is 1.26 bits per heavy atom. The van der Waals surface area contributed by atoms with Gasteiger partial charge in [-0.1, -0.05) is 17.7 Å². The zero-order valence-electron chi connectivity index (χ0n) is 13.3. The number of rotatable bonds is 3. The quantitative estimate of drug-likeness (QED) is 0.916. The lowest BCUT2D eigenvalue weighted by molar-refractivity contribution is -0.135. The number of amides is 2. The van der Waals surface area contributed by atoms with Crippen LogP contribution in [0.2, 0.25) is 5.02 Å². The molecule has 2 N–H and O–H groups in total. The van der Waals surface area contributed by atoms with E-state index in [0.717, 1.165) is 29.2 Å². The Bertz CT molecular complexity index is 626. The summed E-state index contributed by atoms with van der Waals surface area (Å²) in [6.45, 7) is 3.96. The van der Waals surface area contributed by atoms with Crippen molar-refractivity contribution in [2.24, 2.45) is 11.7 Å². The summed E-state index contributed by atoms with van der Waals surface area (Å²) >= 11 is 6.25. The number of likely N-dealkylation sites (tertiary alicyclic amines) is 1. The number of anilines is 1. The molecule has 0 bridgehead atoms. The third-order valence-electron chi connectivity index (χ3n) is 5.04. The van der Waals surface area contributed by atoms with E-state index in [1.54, 1.807) is 0 Å². The minimum Gasteiger partial charge on any atom is -0.369 e. The molecule has 0 spiro atoms. The molecule has 0 saturated carbocycles. The third-order valence-corrected chi connectivity index (χ3v) is 5.39. The zero-order valence-corrected chi connectivity index (χ0v) is 14.1. The zero-order chi connectivity index (χ0) is 16.6. The first-order valence-electron chi connectivity index (χ1n) is 8.11. The molecule has 124 valence electrons. The average molecular weight is 336 g/mol. The minimum atomic E-state index is -0.256. The molecule has 1 fully saturated rings. The molecule has 2 aliphatic heterocycles. The lowest BCUT2D eigenvalue weighted by atomic mass is 9.96. The highest BCUT2D eigenvalue weighted by Gasteiger charge is 2.33. The topological polar surface area (TPSA) is 66.6 Å². The second-order valence-electron chi connectivity index (χ2n) is 6.36. The molecular formula is C17H22ClN3O2. The number of fused-ring (bicyclic) bond motifs is 1. The Kier molecular flexibility index (Phi) is 4.48. The van der Waals surface area contributed by atoms with Gasteiger partial charge in [0.05, 0.1) is 0 Å². The average Bonchev–Trinajstić information content (AvgIpc) is 2.99. The second-order valence-corrected chi connectivity index (χ2v) is 6.77. The SMILES string of the molecule is C[C@H](C(=O)N1CCC(C(N)=O)CC1)N1CCc2c(Cl)cccc21. The van der Waals surface area contributed by atoms with Crippen LogP contribution in [-0.4, -0.2) is 42.4 Å². The van der Waals surface area contributed by atoms with Crippen LogP contribution >= 0.6 is 11.6 Å². The molecule has 6 heteroatoms. The van der Waals surface area contributed by atoms with Crippen molar-refractivity contribution in [1.29, 1.82) is 0 Å². The molecule has 2 amide bonds. The maximum absolute atomic E-state index is 12.8. The predicted molar refractivity (Wildman–Crippen MR) is 90.5 cm³/mol. The molecular weight excluding hydrogens is 314 g/mol. The van der Waals surface area contributed by atoms with Crippen LogP contribution in [0.15, 0.2) is 18.2 Å². The van der Waals surface area contributed by atoms with Crippen LogP contribution < -0.4 is 10.6 Å². The molecule has 1 aromatic rings. The van der Waals surface area contributed by atoms with Crippen molar-refractivity contribution in [3.05, 3.63) is 28.8 Å². The first-order chi connectivity index (χ1) is 11.0. The minimum absolute atomic E-state index is 0.0966. The molecule has 0 aromatic heterocycles. The van der Waals surface area contributed by atoms with Gasteiger partial charge < -0.3 is 15.5 Å². The molecule has 0 radical (unpaired) electrons. The van der Waals surface area contributed by atoms with Crippen molar-refractivity contribution >= 4 is 29.1 Å². The second kappa shape index (κ2) is 6.40. The molecule has 2 heterocycles. The Morgan fingerprint density at radius 3 is 2.61 bits per heavy atom. The summed E-state index contributed by atoms with van der Waals surface area (Å²) < 4.78 is 0. The summed E-state index contributed by atoms with van der Waals surface area (Å²) in [6, 6.07) is 5.62. The van der Waals surface area contributed by atoms with Crippen molar-refractivity contribution in [2.45, 2.75) is 32.2 Å². The van der Waals surface area contributed by atoms with E-state index in [1.165, 1.54) is 0 Å². The largest absolute Gasteiger partial charge is 0.369 e. The fourth-order valence-corrected chi connectivity index (χ4v) is 3.86. The van der Waals surface area contributed by atoms with Crippen LogP contribution in [0.25, 0.3) is 0 Å². The number of nitrogens with two attached hydrogens (primary N) is 1. The van der Waals surface area contributed by atoms with Gasteiger partial charge in [0.2, 0.25) is 11.8 Å². The fraction of sp³-hybridized carbons (Fsp3) is 0.529. The lowest BCUT2D eigenvalue weighted by Gasteiger charge is -2.35. The first-order valence-corrected chi connectivity index (χ1v) is 8.49. The van der Waals surface area contributed by atoms with E-state index in [0.29, 0.717) is 25.9 Å².